The van der Waals surface area contributed by atoms with Crippen LogP contribution in [-0.4, -0.2) is 24.1 Å². The Morgan fingerprint density at radius 1 is 1.18 bits per heavy atom. The van der Waals surface area contributed by atoms with Crippen molar-refractivity contribution in [2.45, 2.75) is 19.8 Å². The fourth-order valence-electron chi connectivity index (χ4n) is 2.39. The average Bonchev–Trinajstić information content (AvgIpc) is 3.50. The molecule has 6 nitrogen and oxygen atoms in total. The van der Waals surface area contributed by atoms with Crippen LogP contribution < -0.4 is 15.5 Å². The standard InChI is InChI=1S/C20H19Cl2N3O3/c1-12(24-25-20(27)13-5-6-13)14-3-2-4-16(9-14)23-19(26)11-28-18-8-7-15(21)10-17(18)22/h2-4,7-10,13H,5-6,11H2,1H3,(H,23,26)(H,25,27). The van der Waals surface area contributed by atoms with E-state index in [9.17, 15) is 9.59 Å². The van der Waals surface area contributed by atoms with Gasteiger partial charge in [-0.25, -0.2) is 5.43 Å². The van der Waals surface area contributed by atoms with E-state index in [0.29, 0.717) is 27.2 Å². The van der Waals surface area contributed by atoms with Crippen LogP contribution in [0.2, 0.25) is 10.0 Å². The number of carbonyl (C=O) groups excluding carboxylic acids is 2. The second-order valence-electron chi connectivity index (χ2n) is 6.44. The summed E-state index contributed by atoms with van der Waals surface area (Å²) in [4.78, 5) is 23.8. The van der Waals surface area contributed by atoms with Gasteiger partial charge in [0.05, 0.1) is 10.7 Å². The first-order valence-corrected chi connectivity index (χ1v) is 9.50. The van der Waals surface area contributed by atoms with Gasteiger partial charge in [0.15, 0.2) is 6.61 Å². The minimum Gasteiger partial charge on any atom is -0.482 e. The summed E-state index contributed by atoms with van der Waals surface area (Å²) in [6.07, 6.45) is 1.84. The molecule has 0 spiro atoms. The minimum absolute atomic E-state index is 0.0539. The Kier molecular flexibility index (Phi) is 6.54. The predicted octanol–water partition coefficient (Wildman–Crippen LogP) is 4.26. The zero-order valence-electron chi connectivity index (χ0n) is 15.2. The average molecular weight is 420 g/mol. The van der Waals surface area contributed by atoms with Crippen LogP contribution in [0, 0.1) is 5.92 Å². The van der Waals surface area contributed by atoms with Crippen LogP contribution in [0.5, 0.6) is 5.75 Å². The molecule has 0 unspecified atom stereocenters. The van der Waals surface area contributed by atoms with Gasteiger partial charge < -0.3 is 10.1 Å². The van der Waals surface area contributed by atoms with Gasteiger partial charge in [0, 0.05) is 16.6 Å². The Labute approximate surface area is 172 Å². The second-order valence-corrected chi connectivity index (χ2v) is 7.28. The van der Waals surface area contributed by atoms with E-state index in [1.807, 2.05) is 6.07 Å². The van der Waals surface area contributed by atoms with Gasteiger partial charge in [0.25, 0.3) is 5.91 Å². The van der Waals surface area contributed by atoms with E-state index in [4.69, 9.17) is 27.9 Å². The maximum atomic E-state index is 12.1. The number of halogens is 2. The Bertz CT molecular complexity index is 927. The lowest BCUT2D eigenvalue weighted by atomic mass is 10.1. The van der Waals surface area contributed by atoms with E-state index in [1.54, 1.807) is 43.3 Å². The number of ether oxygens (including phenoxy) is 1. The Hall–Kier alpha value is -2.57. The fourth-order valence-corrected chi connectivity index (χ4v) is 2.86. The molecule has 0 heterocycles. The van der Waals surface area contributed by atoms with Crippen molar-refractivity contribution in [1.82, 2.24) is 5.43 Å². The normalized spacial score (nSPS) is 13.8. The van der Waals surface area contributed by atoms with Gasteiger partial charge in [-0.05, 0) is 55.7 Å². The molecule has 0 atom stereocenters. The number of benzene rings is 2. The molecule has 0 aliphatic heterocycles. The third-order valence-electron chi connectivity index (χ3n) is 4.10. The summed E-state index contributed by atoms with van der Waals surface area (Å²) in [6.45, 7) is 1.59. The summed E-state index contributed by atoms with van der Waals surface area (Å²) in [5, 5.41) is 7.70. The van der Waals surface area contributed by atoms with Gasteiger partial charge >= 0.3 is 0 Å². The molecule has 2 N–H and O–H groups in total. The van der Waals surface area contributed by atoms with Crippen molar-refractivity contribution in [3.05, 3.63) is 58.1 Å². The highest BCUT2D eigenvalue weighted by molar-refractivity contribution is 6.35. The Morgan fingerprint density at radius 2 is 1.96 bits per heavy atom. The third kappa shape index (κ3) is 5.71. The quantitative estimate of drug-likeness (QED) is 0.519. The number of nitrogens with zero attached hydrogens (tertiary/aromatic N) is 1. The van der Waals surface area contributed by atoms with Crippen molar-refractivity contribution < 1.29 is 14.3 Å². The number of hydrogen-bond acceptors (Lipinski definition) is 4. The molecule has 1 aliphatic carbocycles. The van der Waals surface area contributed by atoms with Crippen LogP contribution in [-0.2, 0) is 9.59 Å². The molecule has 2 amide bonds. The van der Waals surface area contributed by atoms with E-state index in [-0.39, 0.29) is 24.3 Å². The molecule has 3 rings (SSSR count). The Balaban J connectivity index is 1.56. The number of hydrogen-bond donors (Lipinski definition) is 2. The Morgan fingerprint density at radius 3 is 2.68 bits per heavy atom. The molecule has 146 valence electrons. The largest absolute Gasteiger partial charge is 0.482 e. The van der Waals surface area contributed by atoms with Crippen molar-refractivity contribution in [3.8, 4) is 5.75 Å². The molecule has 8 heteroatoms. The number of nitrogens with one attached hydrogen (secondary N) is 2. The van der Waals surface area contributed by atoms with Crippen LogP contribution in [0.25, 0.3) is 0 Å². The van der Waals surface area contributed by atoms with Gasteiger partial charge in [-0.2, -0.15) is 5.10 Å². The van der Waals surface area contributed by atoms with Crippen LogP contribution in [0.1, 0.15) is 25.3 Å². The predicted molar refractivity (Wildman–Crippen MR) is 110 cm³/mol. The molecule has 1 fully saturated rings. The monoisotopic (exact) mass is 419 g/mol. The van der Waals surface area contributed by atoms with Gasteiger partial charge in [0.1, 0.15) is 5.75 Å². The van der Waals surface area contributed by atoms with Gasteiger partial charge in [0.2, 0.25) is 5.91 Å². The van der Waals surface area contributed by atoms with Crippen LogP contribution in [0.15, 0.2) is 47.6 Å². The highest BCUT2D eigenvalue weighted by Gasteiger charge is 2.29. The van der Waals surface area contributed by atoms with E-state index in [2.05, 4.69) is 15.8 Å². The zero-order valence-corrected chi connectivity index (χ0v) is 16.7. The first-order chi connectivity index (χ1) is 13.4. The van der Waals surface area contributed by atoms with Crippen molar-refractivity contribution in [3.63, 3.8) is 0 Å². The molecule has 0 saturated heterocycles. The van der Waals surface area contributed by atoms with Crippen LogP contribution >= 0.6 is 23.2 Å². The molecule has 0 radical (unpaired) electrons. The van der Waals surface area contributed by atoms with E-state index in [0.717, 1.165) is 18.4 Å². The molecule has 2 aromatic rings. The number of anilines is 1. The fraction of sp³-hybridized carbons (Fsp3) is 0.250. The topological polar surface area (TPSA) is 79.8 Å². The molecular formula is C20H19Cl2N3O3. The van der Waals surface area contributed by atoms with Crippen molar-refractivity contribution in [1.29, 1.82) is 0 Å². The summed E-state index contributed by atoms with van der Waals surface area (Å²) in [6, 6.07) is 12.0. The van der Waals surface area contributed by atoms with Crippen molar-refractivity contribution in [2.24, 2.45) is 11.0 Å². The first kappa shape index (κ1) is 20.2. The summed E-state index contributed by atoms with van der Waals surface area (Å²) in [7, 11) is 0. The molecule has 2 aromatic carbocycles. The molecule has 1 aliphatic rings. The van der Waals surface area contributed by atoms with Gasteiger partial charge in [-0.15, -0.1) is 0 Å². The zero-order chi connectivity index (χ0) is 20.1. The molecule has 0 bridgehead atoms. The second kappa shape index (κ2) is 9.08. The van der Waals surface area contributed by atoms with Gasteiger partial charge in [-0.1, -0.05) is 35.3 Å². The van der Waals surface area contributed by atoms with Crippen molar-refractivity contribution >= 4 is 46.4 Å². The maximum Gasteiger partial charge on any atom is 0.262 e. The lowest BCUT2D eigenvalue weighted by Gasteiger charge is -2.10. The lowest BCUT2D eigenvalue weighted by molar-refractivity contribution is -0.122. The van der Waals surface area contributed by atoms with E-state index < -0.39 is 0 Å². The molecule has 0 aromatic heterocycles. The third-order valence-corrected chi connectivity index (χ3v) is 4.63. The van der Waals surface area contributed by atoms with Crippen molar-refractivity contribution in [2.75, 3.05) is 11.9 Å². The summed E-state index contributed by atoms with van der Waals surface area (Å²) >= 11 is 11.9. The first-order valence-electron chi connectivity index (χ1n) is 8.74. The molecular weight excluding hydrogens is 401 g/mol. The van der Waals surface area contributed by atoms with E-state index in [1.165, 1.54) is 0 Å². The van der Waals surface area contributed by atoms with E-state index >= 15 is 0 Å². The van der Waals surface area contributed by atoms with Gasteiger partial charge in [-0.3, -0.25) is 9.59 Å². The van der Waals surface area contributed by atoms with Crippen LogP contribution in [0.4, 0.5) is 5.69 Å². The number of amides is 2. The minimum atomic E-state index is -0.334. The SMILES string of the molecule is CC(=NNC(=O)C1CC1)c1cccc(NC(=O)COc2ccc(Cl)cc2Cl)c1. The highest BCUT2D eigenvalue weighted by Crippen LogP contribution is 2.29. The summed E-state index contributed by atoms with van der Waals surface area (Å²) in [5.74, 6) is 0.0854. The smallest absolute Gasteiger partial charge is 0.262 e. The maximum absolute atomic E-state index is 12.1. The van der Waals surface area contributed by atoms with Crippen LogP contribution in [0.3, 0.4) is 0 Å². The molecule has 1 saturated carbocycles. The summed E-state index contributed by atoms with van der Waals surface area (Å²) < 4.78 is 5.42. The number of rotatable bonds is 7. The summed E-state index contributed by atoms with van der Waals surface area (Å²) in [5.41, 5.74) is 4.60. The number of hydrazone groups is 1. The lowest BCUT2D eigenvalue weighted by Crippen LogP contribution is -2.21. The number of carbonyl (C=O) groups is 2. The highest BCUT2D eigenvalue weighted by atomic mass is 35.5. The molecule has 28 heavy (non-hydrogen) atoms.